The molecule has 0 amide bonds. The molecule has 0 saturated heterocycles. The zero-order valence-corrected chi connectivity index (χ0v) is 11.7. The van der Waals surface area contributed by atoms with E-state index in [-0.39, 0.29) is 0 Å². The minimum absolute atomic E-state index is 0.759. The molecule has 94 valence electrons. The number of aromatic nitrogens is 3. The highest BCUT2D eigenvalue weighted by Crippen LogP contribution is 2.27. The minimum Gasteiger partial charge on any atom is -0.497 e. The number of halogens is 1. The number of aromatic amines is 1. The Balaban J connectivity index is 2.31. The first-order valence-electron chi connectivity index (χ1n) is 5.61. The molecule has 18 heavy (non-hydrogen) atoms. The maximum Gasteiger partial charge on any atom is 0.213 e. The van der Waals surface area contributed by atoms with Gasteiger partial charge in [-0.3, -0.25) is 4.40 Å². The van der Waals surface area contributed by atoms with Crippen molar-refractivity contribution in [3.63, 3.8) is 0 Å². The van der Waals surface area contributed by atoms with Gasteiger partial charge in [-0.15, -0.1) is 0 Å². The van der Waals surface area contributed by atoms with E-state index in [2.05, 4.69) is 31.2 Å². The Hall–Kier alpha value is -1.53. The van der Waals surface area contributed by atoms with Gasteiger partial charge in [0.1, 0.15) is 10.4 Å². The first-order chi connectivity index (χ1) is 8.74. The largest absolute Gasteiger partial charge is 0.497 e. The van der Waals surface area contributed by atoms with Crippen LogP contribution in [0.2, 0.25) is 0 Å². The van der Waals surface area contributed by atoms with Crippen molar-refractivity contribution in [3.8, 4) is 5.75 Å². The van der Waals surface area contributed by atoms with Crippen molar-refractivity contribution < 1.29 is 4.74 Å². The molecule has 5 nitrogen and oxygen atoms in total. The molecule has 2 aromatic heterocycles. The van der Waals surface area contributed by atoms with Gasteiger partial charge in [0.15, 0.2) is 0 Å². The Labute approximate surface area is 112 Å². The number of hydrogen-bond acceptors (Lipinski definition) is 3. The number of imidazole rings is 2. The smallest absolute Gasteiger partial charge is 0.213 e. The molecule has 0 aliphatic carbocycles. The fourth-order valence-corrected chi connectivity index (χ4v) is 2.68. The molecule has 0 aliphatic heterocycles. The maximum absolute atomic E-state index is 5.26. The van der Waals surface area contributed by atoms with E-state index < -0.39 is 0 Å². The first kappa shape index (κ1) is 11.6. The molecule has 2 N–H and O–H groups in total. The molecule has 0 bridgehead atoms. The van der Waals surface area contributed by atoms with E-state index in [4.69, 9.17) is 4.74 Å². The van der Waals surface area contributed by atoms with Crippen LogP contribution >= 0.6 is 15.9 Å². The van der Waals surface area contributed by atoms with Crippen molar-refractivity contribution in [2.24, 2.45) is 0 Å². The molecule has 0 atom stereocenters. The molecule has 0 unspecified atom stereocenters. The van der Waals surface area contributed by atoms with Gasteiger partial charge in [-0.25, -0.2) is 4.98 Å². The van der Waals surface area contributed by atoms with Crippen molar-refractivity contribution in [1.82, 2.24) is 19.7 Å². The van der Waals surface area contributed by atoms with Crippen LogP contribution in [0.25, 0.3) is 16.8 Å². The van der Waals surface area contributed by atoms with Gasteiger partial charge in [0.25, 0.3) is 0 Å². The normalized spacial score (nSPS) is 11.5. The lowest BCUT2D eigenvalue weighted by Gasteiger charge is -2.00. The van der Waals surface area contributed by atoms with Crippen molar-refractivity contribution in [1.29, 1.82) is 0 Å². The number of H-pyrrole nitrogens is 1. The van der Waals surface area contributed by atoms with Gasteiger partial charge < -0.3 is 15.0 Å². The summed E-state index contributed by atoms with van der Waals surface area (Å²) in [7, 11) is 3.58. The highest BCUT2D eigenvalue weighted by atomic mass is 79.9. The van der Waals surface area contributed by atoms with Crippen LogP contribution in [0.4, 0.5) is 0 Å². The third kappa shape index (κ3) is 1.60. The summed E-state index contributed by atoms with van der Waals surface area (Å²) in [6.45, 7) is 0.759. The number of nitrogens with one attached hydrogen (secondary N) is 2. The lowest BCUT2D eigenvalue weighted by atomic mass is 10.3. The summed E-state index contributed by atoms with van der Waals surface area (Å²) in [5.74, 6) is 1.66. The lowest BCUT2D eigenvalue weighted by Crippen LogP contribution is -2.05. The Kier molecular flexibility index (Phi) is 2.76. The standard InChI is InChI=1S/C12H13BrN4O/c1-14-6-9-11(13)17-10-5-7(18-2)3-4-8(10)15-12(17)16-9/h3-5,14H,6H2,1-2H3,(H,15,16). The molecular formula is C12H13BrN4O. The lowest BCUT2D eigenvalue weighted by molar-refractivity contribution is 0.415. The highest BCUT2D eigenvalue weighted by Gasteiger charge is 2.13. The first-order valence-corrected chi connectivity index (χ1v) is 6.41. The second kappa shape index (κ2) is 4.29. The predicted molar refractivity (Wildman–Crippen MR) is 74.1 cm³/mol. The summed E-state index contributed by atoms with van der Waals surface area (Å²) in [4.78, 5) is 7.84. The van der Waals surface area contributed by atoms with Crippen LogP contribution in [0.5, 0.6) is 5.75 Å². The molecule has 3 aromatic rings. The quantitative estimate of drug-likeness (QED) is 0.780. The molecule has 0 aliphatic rings. The van der Waals surface area contributed by atoms with Gasteiger partial charge in [0.05, 0.1) is 23.8 Å². The molecule has 0 radical (unpaired) electrons. The molecule has 0 spiro atoms. The molecule has 6 heteroatoms. The number of hydrogen-bond donors (Lipinski definition) is 2. The maximum atomic E-state index is 5.26. The third-order valence-electron chi connectivity index (χ3n) is 2.92. The van der Waals surface area contributed by atoms with Crippen LogP contribution in [0.15, 0.2) is 22.8 Å². The van der Waals surface area contributed by atoms with Gasteiger partial charge in [-0.05, 0) is 35.1 Å². The Morgan fingerprint density at radius 2 is 2.33 bits per heavy atom. The minimum atomic E-state index is 0.759. The number of rotatable bonds is 3. The molecule has 1 aromatic carbocycles. The number of nitrogens with zero attached hydrogens (tertiary/aromatic N) is 2. The second-order valence-electron chi connectivity index (χ2n) is 4.05. The Morgan fingerprint density at radius 3 is 3.06 bits per heavy atom. The van der Waals surface area contributed by atoms with Crippen LogP contribution < -0.4 is 10.1 Å². The van der Waals surface area contributed by atoms with Gasteiger partial charge >= 0.3 is 0 Å². The number of ether oxygens (including phenoxy) is 1. The summed E-state index contributed by atoms with van der Waals surface area (Å²) in [6.07, 6.45) is 0. The number of benzene rings is 1. The fourth-order valence-electron chi connectivity index (χ4n) is 2.08. The van der Waals surface area contributed by atoms with Crippen molar-refractivity contribution in [2.45, 2.75) is 6.54 Å². The number of methoxy groups -OCH3 is 1. The monoisotopic (exact) mass is 308 g/mol. The van der Waals surface area contributed by atoms with Gasteiger partial charge in [-0.2, -0.15) is 0 Å². The van der Waals surface area contributed by atoms with Crippen molar-refractivity contribution in [3.05, 3.63) is 28.5 Å². The summed E-state index contributed by atoms with van der Waals surface area (Å²) in [5.41, 5.74) is 3.04. The van der Waals surface area contributed by atoms with Crippen molar-refractivity contribution in [2.75, 3.05) is 14.2 Å². The van der Waals surface area contributed by atoms with E-state index >= 15 is 0 Å². The molecular weight excluding hydrogens is 296 g/mol. The van der Waals surface area contributed by atoms with Crippen molar-refractivity contribution >= 4 is 32.7 Å². The zero-order chi connectivity index (χ0) is 12.7. The van der Waals surface area contributed by atoms with E-state index in [1.54, 1.807) is 7.11 Å². The third-order valence-corrected chi connectivity index (χ3v) is 3.76. The molecule has 2 heterocycles. The SMILES string of the molecule is CNCc1[nH]c2nc3ccc(OC)cc3n2c1Br. The fraction of sp³-hybridized carbons (Fsp3) is 0.250. The van der Waals surface area contributed by atoms with E-state index in [1.807, 2.05) is 29.6 Å². The average Bonchev–Trinajstić information content (AvgIpc) is 2.87. The average molecular weight is 309 g/mol. The molecule has 3 rings (SSSR count). The van der Waals surface area contributed by atoms with E-state index in [0.717, 1.165) is 39.4 Å². The second-order valence-corrected chi connectivity index (χ2v) is 4.80. The zero-order valence-electron chi connectivity index (χ0n) is 10.1. The highest BCUT2D eigenvalue weighted by molar-refractivity contribution is 9.10. The topological polar surface area (TPSA) is 54.3 Å². The number of fused-ring (bicyclic) bond motifs is 3. The Bertz CT molecular complexity index is 716. The summed E-state index contributed by atoms with van der Waals surface area (Å²) < 4.78 is 8.29. The van der Waals surface area contributed by atoms with Gasteiger partial charge in [0, 0.05) is 12.6 Å². The van der Waals surface area contributed by atoms with Gasteiger partial charge in [-0.1, -0.05) is 0 Å². The summed E-state index contributed by atoms with van der Waals surface area (Å²) in [6, 6.07) is 5.85. The predicted octanol–water partition coefficient (Wildman–Crippen LogP) is 2.31. The van der Waals surface area contributed by atoms with Crippen LogP contribution in [-0.2, 0) is 6.54 Å². The Morgan fingerprint density at radius 1 is 1.50 bits per heavy atom. The van der Waals surface area contributed by atoms with E-state index in [0.29, 0.717) is 0 Å². The van der Waals surface area contributed by atoms with Crippen LogP contribution in [-0.4, -0.2) is 28.5 Å². The van der Waals surface area contributed by atoms with Crippen LogP contribution in [0.1, 0.15) is 5.69 Å². The molecule has 0 fully saturated rings. The summed E-state index contributed by atoms with van der Waals surface area (Å²) >= 11 is 3.61. The summed E-state index contributed by atoms with van der Waals surface area (Å²) in [5, 5.41) is 3.12. The molecule has 0 saturated carbocycles. The van der Waals surface area contributed by atoms with E-state index in [1.165, 1.54) is 0 Å². The van der Waals surface area contributed by atoms with E-state index in [9.17, 15) is 0 Å². The van der Waals surface area contributed by atoms with Crippen LogP contribution in [0, 0.1) is 0 Å². The van der Waals surface area contributed by atoms with Gasteiger partial charge in [0.2, 0.25) is 5.78 Å². The van der Waals surface area contributed by atoms with Crippen LogP contribution in [0.3, 0.4) is 0 Å².